The molecule has 1 aliphatic heterocycles. The number of nitrogens with one attached hydrogen (secondary N) is 1. The molecule has 1 aromatic rings. The second-order valence-corrected chi connectivity index (χ2v) is 4.75. The Balaban J connectivity index is 2.41. The monoisotopic (exact) mass is 335 g/mol. The molecular formula is C15H17N3O6. The highest BCUT2D eigenvalue weighted by Gasteiger charge is 2.32. The molecule has 2 amide bonds. The second-order valence-electron chi connectivity index (χ2n) is 4.75. The van der Waals surface area contributed by atoms with Crippen molar-refractivity contribution in [3.8, 4) is 0 Å². The fourth-order valence-corrected chi connectivity index (χ4v) is 2.21. The zero-order chi connectivity index (χ0) is 17.7. The number of amides is 2. The van der Waals surface area contributed by atoms with Crippen LogP contribution in [0.3, 0.4) is 0 Å². The fraction of sp³-hybridized carbons (Fsp3) is 0.267. The van der Waals surface area contributed by atoms with Crippen LogP contribution in [0.2, 0.25) is 0 Å². The molecule has 0 saturated carbocycles. The van der Waals surface area contributed by atoms with E-state index < -0.39 is 18.0 Å². The molecule has 3 N–H and O–H groups in total. The molecule has 0 spiro atoms. The molecule has 0 fully saturated rings. The minimum absolute atomic E-state index is 0.0474. The number of nitrogens with zero attached hydrogens (tertiary/aromatic N) is 1. The number of esters is 2. The van der Waals surface area contributed by atoms with E-state index in [0.29, 0.717) is 11.4 Å². The molecule has 9 nitrogen and oxygen atoms in total. The maximum absolute atomic E-state index is 12.1. The van der Waals surface area contributed by atoms with Crippen molar-refractivity contribution in [1.29, 1.82) is 0 Å². The molecule has 1 aromatic carbocycles. The van der Waals surface area contributed by atoms with E-state index in [1.165, 1.54) is 19.1 Å². The van der Waals surface area contributed by atoms with Gasteiger partial charge in [0, 0.05) is 11.4 Å². The van der Waals surface area contributed by atoms with Crippen LogP contribution in [0.15, 0.2) is 35.5 Å². The molecule has 9 heteroatoms. The maximum atomic E-state index is 12.1. The number of urea groups is 1. The summed E-state index contributed by atoms with van der Waals surface area (Å²) in [5.41, 5.74) is 6.21. The number of carbonyl (C=O) groups excluding carboxylic acids is 3. The average Bonchev–Trinajstić information content (AvgIpc) is 2.60. The van der Waals surface area contributed by atoms with E-state index in [9.17, 15) is 14.4 Å². The highest BCUT2D eigenvalue weighted by molar-refractivity contribution is 6.03. The van der Waals surface area contributed by atoms with Crippen LogP contribution in [0.1, 0.15) is 0 Å². The van der Waals surface area contributed by atoms with Crippen LogP contribution in [0.5, 0.6) is 0 Å². The van der Waals surface area contributed by atoms with Gasteiger partial charge in [0.15, 0.2) is 0 Å². The summed E-state index contributed by atoms with van der Waals surface area (Å²) in [6.45, 7) is -0.0115. The van der Waals surface area contributed by atoms with Crippen molar-refractivity contribution in [3.05, 3.63) is 35.5 Å². The van der Waals surface area contributed by atoms with Gasteiger partial charge in [-0.1, -0.05) is 0 Å². The number of nitrogens with two attached hydrogens (primary N) is 1. The normalized spacial score (nSPS) is 14.2. The lowest BCUT2D eigenvalue weighted by Crippen LogP contribution is -2.38. The third-order valence-electron chi connectivity index (χ3n) is 3.28. The quantitative estimate of drug-likeness (QED) is 0.772. The second kappa shape index (κ2) is 7.47. The molecule has 24 heavy (non-hydrogen) atoms. The van der Waals surface area contributed by atoms with Crippen molar-refractivity contribution < 1.29 is 28.6 Å². The van der Waals surface area contributed by atoms with Crippen molar-refractivity contribution >= 4 is 29.3 Å². The van der Waals surface area contributed by atoms with Crippen LogP contribution in [-0.2, 0) is 23.8 Å². The van der Waals surface area contributed by atoms with Gasteiger partial charge in [-0.2, -0.15) is 0 Å². The van der Waals surface area contributed by atoms with E-state index in [-0.39, 0.29) is 24.6 Å². The number of methoxy groups -OCH3 is 2. The van der Waals surface area contributed by atoms with E-state index in [1.54, 1.807) is 24.3 Å². The van der Waals surface area contributed by atoms with Crippen LogP contribution in [0.4, 0.5) is 16.2 Å². The molecule has 2 rings (SSSR count). The lowest BCUT2D eigenvalue weighted by molar-refractivity contribution is -0.140. The number of rotatable bonds is 4. The number of primary amides is 1. The van der Waals surface area contributed by atoms with Gasteiger partial charge in [-0.05, 0) is 24.3 Å². The molecule has 0 atom stereocenters. The summed E-state index contributed by atoms with van der Waals surface area (Å²) in [6.07, 6.45) is 0. The Labute approximate surface area is 137 Å². The van der Waals surface area contributed by atoms with E-state index >= 15 is 0 Å². The lowest BCUT2D eigenvalue weighted by atomic mass is 10.1. The molecule has 0 aliphatic carbocycles. The van der Waals surface area contributed by atoms with Crippen LogP contribution in [0.25, 0.3) is 0 Å². The third kappa shape index (κ3) is 3.63. The first kappa shape index (κ1) is 17.3. The van der Waals surface area contributed by atoms with Gasteiger partial charge in [0.1, 0.15) is 12.4 Å². The van der Waals surface area contributed by atoms with Crippen molar-refractivity contribution in [1.82, 2.24) is 0 Å². The Morgan fingerprint density at radius 3 is 2.29 bits per heavy atom. The number of anilines is 2. The van der Waals surface area contributed by atoms with Gasteiger partial charge in [0.2, 0.25) is 0 Å². The van der Waals surface area contributed by atoms with Gasteiger partial charge < -0.3 is 30.2 Å². The van der Waals surface area contributed by atoms with Crippen LogP contribution in [-0.4, -0.2) is 45.5 Å². The van der Waals surface area contributed by atoms with Crippen LogP contribution in [0, 0.1) is 0 Å². The van der Waals surface area contributed by atoms with E-state index in [1.807, 2.05) is 0 Å². The van der Waals surface area contributed by atoms with Crippen molar-refractivity contribution in [2.24, 2.45) is 5.73 Å². The van der Waals surface area contributed by atoms with E-state index in [0.717, 1.165) is 0 Å². The molecular weight excluding hydrogens is 318 g/mol. The number of benzene rings is 1. The largest absolute Gasteiger partial charge is 0.466 e. The van der Waals surface area contributed by atoms with Gasteiger partial charge >= 0.3 is 18.0 Å². The number of hydrogen-bond donors (Lipinski definition) is 2. The summed E-state index contributed by atoms with van der Waals surface area (Å²) in [5.74, 6) is -1.36. The van der Waals surface area contributed by atoms with E-state index in [2.05, 4.69) is 10.1 Å². The highest BCUT2D eigenvalue weighted by atomic mass is 16.5. The van der Waals surface area contributed by atoms with Gasteiger partial charge in [0.25, 0.3) is 0 Å². The highest BCUT2D eigenvalue weighted by Crippen LogP contribution is 2.27. The summed E-state index contributed by atoms with van der Waals surface area (Å²) < 4.78 is 14.8. The SMILES string of the molecule is COC(=O)C1=C(C(=O)OC)N(c2ccc(NC(N)=O)cc2)COC1. The van der Waals surface area contributed by atoms with Crippen LogP contribution < -0.4 is 16.0 Å². The summed E-state index contributed by atoms with van der Waals surface area (Å²) >= 11 is 0. The molecule has 128 valence electrons. The van der Waals surface area contributed by atoms with Crippen LogP contribution >= 0.6 is 0 Å². The average molecular weight is 335 g/mol. The minimum atomic E-state index is -0.688. The Bertz CT molecular complexity index is 683. The molecule has 0 bridgehead atoms. The standard InChI is InChI=1S/C15H17N3O6/c1-22-13(19)11-7-24-8-18(12(11)14(20)23-2)10-5-3-9(4-6-10)17-15(16)21/h3-6H,7-8H2,1-2H3,(H3,16,17,21). The first-order valence-corrected chi connectivity index (χ1v) is 6.89. The summed E-state index contributed by atoms with van der Waals surface area (Å²) in [7, 11) is 2.44. The van der Waals surface area contributed by atoms with Gasteiger partial charge in [-0.25, -0.2) is 14.4 Å². The zero-order valence-corrected chi connectivity index (χ0v) is 13.2. The molecule has 1 heterocycles. The smallest absolute Gasteiger partial charge is 0.355 e. The number of carbonyl (C=O) groups is 3. The molecule has 1 aliphatic rings. The predicted octanol–water partition coefficient (Wildman–Crippen LogP) is 0.571. The number of hydrogen-bond acceptors (Lipinski definition) is 7. The first-order chi connectivity index (χ1) is 11.5. The molecule has 0 radical (unpaired) electrons. The Kier molecular flexibility index (Phi) is 5.38. The maximum Gasteiger partial charge on any atom is 0.355 e. The van der Waals surface area contributed by atoms with Crippen molar-refractivity contribution in [2.45, 2.75) is 0 Å². The van der Waals surface area contributed by atoms with Gasteiger partial charge in [-0.15, -0.1) is 0 Å². The summed E-state index contributed by atoms with van der Waals surface area (Å²) in [4.78, 5) is 36.4. The topological polar surface area (TPSA) is 120 Å². The zero-order valence-electron chi connectivity index (χ0n) is 13.2. The van der Waals surface area contributed by atoms with Gasteiger partial charge in [0.05, 0.1) is 26.4 Å². The van der Waals surface area contributed by atoms with E-state index in [4.69, 9.17) is 15.2 Å². The Morgan fingerprint density at radius 2 is 1.75 bits per heavy atom. The van der Waals surface area contributed by atoms with Crippen molar-refractivity contribution in [3.63, 3.8) is 0 Å². The Morgan fingerprint density at radius 1 is 1.12 bits per heavy atom. The Hall–Kier alpha value is -3.07. The predicted molar refractivity (Wildman–Crippen MR) is 84.0 cm³/mol. The fourth-order valence-electron chi connectivity index (χ4n) is 2.21. The molecule has 0 aromatic heterocycles. The lowest BCUT2D eigenvalue weighted by Gasteiger charge is -2.31. The minimum Gasteiger partial charge on any atom is -0.466 e. The molecule has 0 saturated heterocycles. The summed E-state index contributed by atoms with van der Waals surface area (Å²) in [5, 5.41) is 2.43. The number of ether oxygens (including phenoxy) is 3. The third-order valence-corrected chi connectivity index (χ3v) is 3.28. The molecule has 0 unspecified atom stereocenters. The van der Waals surface area contributed by atoms with Crippen molar-refractivity contribution in [2.75, 3.05) is 37.8 Å². The summed E-state index contributed by atoms with van der Waals surface area (Å²) in [6, 6.07) is 5.78. The van der Waals surface area contributed by atoms with Gasteiger partial charge in [-0.3, -0.25) is 0 Å². The first-order valence-electron chi connectivity index (χ1n) is 6.89.